The molecule has 0 spiro atoms. The minimum Gasteiger partial charge on any atom is -0.427 e. The van der Waals surface area contributed by atoms with Gasteiger partial charge in [-0.25, -0.2) is 0 Å². The number of fused-ring (bicyclic) bond motifs is 1. The van der Waals surface area contributed by atoms with Crippen molar-refractivity contribution >= 4 is 28.9 Å². The molecular weight excluding hydrogens is 159 g/mol. The summed E-state index contributed by atoms with van der Waals surface area (Å²) in [5, 5.41) is 17.9. The maximum atomic E-state index is 9.36. The number of rotatable bonds is 0. The highest BCUT2D eigenvalue weighted by molar-refractivity contribution is 7.21. The Labute approximate surface area is 68.9 Å². The van der Waals surface area contributed by atoms with Crippen LogP contribution in [0.2, 0.25) is 0 Å². The summed E-state index contributed by atoms with van der Waals surface area (Å²) in [6, 6.07) is 1.98. The summed E-state index contributed by atoms with van der Waals surface area (Å²) in [4.78, 5) is 0. The Balaban J connectivity index is 2.55. The third-order valence-corrected chi connectivity index (χ3v) is 2.66. The van der Waals surface area contributed by atoms with Gasteiger partial charge in [-0.2, -0.15) is 16.4 Å². The van der Waals surface area contributed by atoms with Crippen LogP contribution >= 0.6 is 11.3 Å². The highest BCUT2D eigenvalue weighted by Gasteiger charge is 2.24. The van der Waals surface area contributed by atoms with Crippen LogP contribution in [0.5, 0.6) is 0 Å². The van der Waals surface area contributed by atoms with Crippen molar-refractivity contribution in [3.05, 3.63) is 17.0 Å². The van der Waals surface area contributed by atoms with Crippen LogP contribution in [0.25, 0.3) is 0 Å². The lowest BCUT2D eigenvalue weighted by molar-refractivity contribution is 0.566. The molecule has 0 radical (unpaired) electrons. The third kappa shape index (κ3) is 0.966. The summed E-state index contributed by atoms with van der Waals surface area (Å²) in [6.45, 7) is 1.92. The third-order valence-electron chi connectivity index (χ3n) is 1.69. The summed E-state index contributed by atoms with van der Waals surface area (Å²) in [7, 11) is -0.617. The van der Waals surface area contributed by atoms with Gasteiger partial charge in [0.2, 0.25) is 0 Å². The van der Waals surface area contributed by atoms with Crippen molar-refractivity contribution in [2.24, 2.45) is 5.10 Å². The molecule has 1 aromatic heterocycles. The molecule has 2 N–H and O–H groups in total. The summed E-state index contributed by atoms with van der Waals surface area (Å²) >= 11 is 1.54. The molecule has 5 heteroatoms. The first kappa shape index (κ1) is 6.88. The van der Waals surface area contributed by atoms with Crippen molar-refractivity contribution < 1.29 is 5.02 Å². The van der Waals surface area contributed by atoms with E-state index in [1.165, 1.54) is 0 Å². The second-order valence-electron chi connectivity index (χ2n) is 2.43. The molecule has 0 saturated heterocycles. The molecule has 0 aromatic carbocycles. The number of hydrogen-bond donors (Lipinski definition) is 2. The molecule has 2 rings (SSSR count). The number of thiophene rings is 1. The summed E-state index contributed by atoms with van der Waals surface area (Å²) in [6.07, 6.45) is 0. The zero-order valence-electron chi connectivity index (χ0n) is 6.03. The molecule has 0 bridgehead atoms. The van der Waals surface area contributed by atoms with Gasteiger partial charge in [-0.05, 0) is 18.4 Å². The molecule has 1 aliphatic heterocycles. The maximum Gasteiger partial charge on any atom is 0.474 e. The summed E-state index contributed by atoms with van der Waals surface area (Å²) in [5.41, 5.74) is 1.99. The van der Waals surface area contributed by atoms with Crippen molar-refractivity contribution in [2.75, 3.05) is 0 Å². The Bertz CT molecular complexity index is 309. The quantitative estimate of drug-likeness (QED) is 0.522. The SMILES string of the molecule is CC1=NNB(O)c2sccc21. The van der Waals surface area contributed by atoms with E-state index in [1.807, 2.05) is 18.4 Å². The molecule has 0 fully saturated rings. The van der Waals surface area contributed by atoms with E-state index in [9.17, 15) is 5.02 Å². The zero-order chi connectivity index (χ0) is 7.84. The van der Waals surface area contributed by atoms with Crippen molar-refractivity contribution in [1.82, 2.24) is 5.34 Å². The minimum absolute atomic E-state index is 0.617. The van der Waals surface area contributed by atoms with Gasteiger partial charge in [-0.3, -0.25) is 0 Å². The standard InChI is InChI=1S/C6H7BN2OS/c1-4-5-2-3-11-6(5)7(10)9-8-4/h2-3,9-10H,1H3. The molecule has 11 heavy (non-hydrogen) atoms. The first-order valence-corrected chi connectivity index (χ1v) is 4.22. The highest BCUT2D eigenvalue weighted by atomic mass is 32.1. The lowest BCUT2D eigenvalue weighted by Gasteiger charge is -2.12. The van der Waals surface area contributed by atoms with Gasteiger partial charge in [-0.15, -0.1) is 0 Å². The van der Waals surface area contributed by atoms with Crippen LogP contribution in [0.1, 0.15) is 12.5 Å². The molecule has 0 atom stereocenters. The van der Waals surface area contributed by atoms with E-state index in [0.29, 0.717) is 0 Å². The first-order valence-electron chi connectivity index (χ1n) is 3.34. The monoisotopic (exact) mass is 166 g/mol. The smallest absolute Gasteiger partial charge is 0.427 e. The van der Waals surface area contributed by atoms with Crippen molar-refractivity contribution in [2.45, 2.75) is 6.92 Å². The fourth-order valence-electron chi connectivity index (χ4n) is 1.11. The number of nitrogens with one attached hydrogen (secondary N) is 1. The molecular formula is C6H7BN2OS. The van der Waals surface area contributed by atoms with Gasteiger partial charge in [0.1, 0.15) is 0 Å². The second-order valence-corrected chi connectivity index (χ2v) is 3.38. The van der Waals surface area contributed by atoms with Crippen molar-refractivity contribution in [3.63, 3.8) is 0 Å². The fraction of sp³-hybridized carbons (Fsp3) is 0.167. The average molecular weight is 166 g/mol. The zero-order valence-corrected chi connectivity index (χ0v) is 6.85. The second kappa shape index (κ2) is 2.35. The van der Waals surface area contributed by atoms with E-state index < -0.39 is 7.05 Å². The molecule has 0 aliphatic carbocycles. The molecule has 0 unspecified atom stereocenters. The van der Waals surface area contributed by atoms with Crippen LogP contribution < -0.4 is 10.1 Å². The van der Waals surface area contributed by atoms with Gasteiger partial charge in [0.05, 0.1) is 5.71 Å². The van der Waals surface area contributed by atoms with E-state index in [1.54, 1.807) is 11.3 Å². The average Bonchev–Trinajstić information content (AvgIpc) is 2.45. The Morgan fingerprint density at radius 2 is 2.55 bits per heavy atom. The van der Waals surface area contributed by atoms with Crippen molar-refractivity contribution in [1.29, 1.82) is 0 Å². The highest BCUT2D eigenvalue weighted by Crippen LogP contribution is 2.08. The summed E-state index contributed by atoms with van der Waals surface area (Å²) < 4.78 is 0.956. The Morgan fingerprint density at radius 3 is 3.27 bits per heavy atom. The lowest BCUT2D eigenvalue weighted by atomic mass is 9.78. The predicted octanol–water partition coefficient (Wildman–Crippen LogP) is -0.237. The maximum absolute atomic E-state index is 9.36. The molecule has 0 saturated carbocycles. The fourth-order valence-corrected chi connectivity index (χ4v) is 1.98. The molecule has 0 amide bonds. The molecule has 3 nitrogen and oxygen atoms in total. The van der Waals surface area contributed by atoms with Gasteiger partial charge >= 0.3 is 7.05 Å². The predicted molar refractivity (Wildman–Crippen MR) is 47.3 cm³/mol. The number of nitrogens with zero attached hydrogens (tertiary/aromatic N) is 1. The number of hydrazone groups is 1. The molecule has 56 valence electrons. The van der Waals surface area contributed by atoms with Gasteiger partial charge in [0.15, 0.2) is 0 Å². The Hall–Kier alpha value is -0.805. The van der Waals surface area contributed by atoms with Gasteiger partial charge < -0.3 is 10.4 Å². The first-order chi connectivity index (χ1) is 5.29. The molecule has 2 heterocycles. The van der Waals surface area contributed by atoms with E-state index in [2.05, 4.69) is 10.4 Å². The van der Waals surface area contributed by atoms with Crippen LogP contribution in [-0.2, 0) is 0 Å². The normalized spacial score (nSPS) is 15.5. The van der Waals surface area contributed by atoms with Crippen LogP contribution in [-0.4, -0.2) is 17.8 Å². The largest absolute Gasteiger partial charge is 0.474 e. The molecule has 1 aromatic rings. The van der Waals surface area contributed by atoms with Gasteiger partial charge in [-0.1, -0.05) is 0 Å². The van der Waals surface area contributed by atoms with Crippen LogP contribution in [0, 0.1) is 0 Å². The van der Waals surface area contributed by atoms with E-state index in [-0.39, 0.29) is 0 Å². The van der Waals surface area contributed by atoms with Crippen LogP contribution in [0.3, 0.4) is 0 Å². The Kier molecular flexibility index (Phi) is 1.47. The Morgan fingerprint density at radius 1 is 1.73 bits per heavy atom. The minimum atomic E-state index is -0.617. The molecule has 1 aliphatic rings. The van der Waals surface area contributed by atoms with E-state index >= 15 is 0 Å². The van der Waals surface area contributed by atoms with E-state index in [0.717, 1.165) is 16.1 Å². The summed E-state index contributed by atoms with van der Waals surface area (Å²) in [5.74, 6) is 0. The number of hydrogen-bond acceptors (Lipinski definition) is 4. The topological polar surface area (TPSA) is 44.6 Å². The van der Waals surface area contributed by atoms with Gasteiger partial charge in [0, 0.05) is 10.3 Å². The lowest BCUT2D eigenvalue weighted by Crippen LogP contribution is -2.46. The van der Waals surface area contributed by atoms with Gasteiger partial charge in [0.25, 0.3) is 0 Å². The van der Waals surface area contributed by atoms with Crippen LogP contribution in [0.15, 0.2) is 16.5 Å². The van der Waals surface area contributed by atoms with E-state index in [4.69, 9.17) is 0 Å². The van der Waals surface area contributed by atoms with Crippen LogP contribution in [0.4, 0.5) is 0 Å². The van der Waals surface area contributed by atoms with Crippen molar-refractivity contribution in [3.8, 4) is 0 Å².